The van der Waals surface area contributed by atoms with Gasteiger partial charge in [0.15, 0.2) is 5.78 Å². The third-order valence-electron chi connectivity index (χ3n) is 3.32. The Labute approximate surface area is 110 Å². The molecule has 0 heterocycles. The molecule has 1 fully saturated rings. The van der Waals surface area contributed by atoms with E-state index < -0.39 is 23.0 Å². The van der Waals surface area contributed by atoms with Crippen molar-refractivity contribution in [3.63, 3.8) is 0 Å². The molecule has 0 spiro atoms. The van der Waals surface area contributed by atoms with Gasteiger partial charge in [0, 0.05) is 11.4 Å². The molecular formula is C14H14ClF2O. The van der Waals surface area contributed by atoms with E-state index in [0.717, 1.165) is 31.4 Å². The van der Waals surface area contributed by atoms with Crippen molar-refractivity contribution in [2.24, 2.45) is 11.8 Å². The predicted molar refractivity (Wildman–Crippen MR) is 66.5 cm³/mol. The van der Waals surface area contributed by atoms with Gasteiger partial charge in [-0.2, -0.15) is 0 Å². The van der Waals surface area contributed by atoms with E-state index in [9.17, 15) is 13.6 Å². The molecule has 1 aliphatic rings. The Hall–Kier alpha value is -0.960. The first-order valence-corrected chi connectivity index (χ1v) is 6.44. The summed E-state index contributed by atoms with van der Waals surface area (Å²) in [4.78, 5) is 11.9. The molecule has 97 valence electrons. The SMILES string of the molecule is CC[C@H]([CH]C(=O)c1c(F)cc(Cl)cc1F)C1CC1. The van der Waals surface area contributed by atoms with E-state index in [-0.39, 0.29) is 10.9 Å². The first kappa shape index (κ1) is 13.5. The maximum Gasteiger partial charge on any atom is 0.172 e. The molecule has 0 aromatic heterocycles. The van der Waals surface area contributed by atoms with Gasteiger partial charge in [0.2, 0.25) is 0 Å². The van der Waals surface area contributed by atoms with Crippen molar-refractivity contribution in [1.82, 2.24) is 0 Å². The first-order valence-electron chi connectivity index (χ1n) is 6.06. The highest BCUT2D eigenvalue weighted by Crippen LogP contribution is 2.40. The van der Waals surface area contributed by atoms with Crippen LogP contribution in [0.5, 0.6) is 0 Å². The van der Waals surface area contributed by atoms with Gasteiger partial charge in [0.05, 0.1) is 5.56 Å². The van der Waals surface area contributed by atoms with E-state index in [4.69, 9.17) is 11.6 Å². The van der Waals surface area contributed by atoms with Gasteiger partial charge in [-0.05, 0) is 36.8 Å². The van der Waals surface area contributed by atoms with Gasteiger partial charge in [-0.25, -0.2) is 8.78 Å². The van der Waals surface area contributed by atoms with Crippen molar-refractivity contribution >= 4 is 17.4 Å². The molecular weight excluding hydrogens is 258 g/mol. The minimum Gasteiger partial charge on any atom is -0.294 e. The van der Waals surface area contributed by atoms with Crippen LogP contribution in [0, 0.1) is 29.9 Å². The van der Waals surface area contributed by atoms with E-state index in [1.165, 1.54) is 6.42 Å². The molecule has 1 radical (unpaired) electrons. The van der Waals surface area contributed by atoms with Gasteiger partial charge in [0.1, 0.15) is 11.6 Å². The zero-order chi connectivity index (χ0) is 13.3. The number of hydrogen-bond donors (Lipinski definition) is 0. The second-order valence-corrected chi connectivity index (χ2v) is 5.12. The van der Waals surface area contributed by atoms with Crippen LogP contribution in [-0.2, 0) is 0 Å². The highest BCUT2D eigenvalue weighted by Gasteiger charge is 2.32. The van der Waals surface area contributed by atoms with Crippen LogP contribution in [0.4, 0.5) is 8.78 Å². The van der Waals surface area contributed by atoms with Crippen molar-refractivity contribution in [3.8, 4) is 0 Å². The topological polar surface area (TPSA) is 17.1 Å². The van der Waals surface area contributed by atoms with Crippen LogP contribution in [-0.4, -0.2) is 5.78 Å². The van der Waals surface area contributed by atoms with Gasteiger partial charge >= 0.3 is 0 Å². The minimum atomic E-state index is -0.896. The summed E-state index contributed by atoms with van der Waals surface area (Å²) in [6, 6.07) is 1.92. The lowest BCUT2D eigenvalue weighted by Gasteiger charge is -2.12. The Morgan fingerprint density at radius 2 is 2.00 bits per heavy atom. The molecule has 0 N–H and O–H groups in total. The van der Waals surface area contributed by atoms with Crippen LogP contribution in [0.15, 0.2) is 12.1 Å². The van der Waals surface area contributed by atoms with Crippen molar-refractivity contribution in [1.29, 1.82) is 0 Å². The molecule has 1 nitrogen and oxygen atoms in total. The number of ketones is 1. The van der Waals surface area contributed by atoms with Crippen molar-refractivity contribution in [2.75, 3.05) is 0 Å². The van der Waals surface area contributed by atoms with Crippen LogP contribution in [0.25, 0.3) is 0 Å². The molecule has 18 heavy (non-hydrogen) atoms. The van der Waals surface area contributed by atoms with Gasteiger partial charge in [-0.15, -0.1) is 0 Å². The fourth-order valence-corrected chi connectivity index (χ4v) is 2.36. The average Bonchev–Trinajstić information content (AvgIpc) is 3.08. The third-order valence-corrected chi connectivity index (χ3v) is 3.54. The smallest absolute Gasteiger partial charge is 0.172 e. The summed E-state index contributed by atoms with van der Waals surface area (Å²) < 4.78 is 27.1. The Morgan fingerprint density at radius 1 is 1.44 bits per heavy atom. The second-order valence-electron chi connectivity index (χ2n) is 4.68. The van der Waals surface area contributed by atoms with E-state index >= 15 is 0 Å². The minimum absolute atomic E-state index is 0.0456. The number of halogens is 3. The standard InChI is InChI=1S/C14H14ClF2O/c1-2-8(9-3-4-9)5-13(18)14-11(16)6-10(15)7-12(14)17/h5-9H,2-4H2,1H3/t8-/m1/s1. The maximum absolute atomic E-state index is 13.6. The molecule has 2 rings (SSSR count). The van der Waals surface area contributed by atoms with Crippen LogP contribution >= 0.6 is 11.6 Å². The largest absolute Gasteiger partial charge is 0.294 e. The third kappa shape index (κ3) is 2.89. The number of hydrogen-bond acceptors (Lipinski definition) is 1. The van der Waals surface area contributed by atoms with Crippen molar-refractivity contribution in [3.05, 3.63) is 40.8 Å². The fourth-order valence-electron chi connectivity index (χ4n) is 2.17. The molecule has 0 unspecified atom stereocenters. The second kappa shape index (κ2) is 5.35. The normalized spacial score (nSPS) is 16.7. The summed E-state index contributed by atoms with van der Waals surface area (Å²) in [7, 11) is 0. The van der Waals surface area contributed by atoms with Crippen molar-refractivity contribution in [2.45, 2.75) is 26.2 Å². The Bertz CT molecular complexity index is 446. The highest BCUT2D eigenvalue weighted by molar-refractivity contribution is 6.30. The lowest BCUT2D eigenvalue weighted by atomic mass is 9.91. The summed E-state index contributed by atoms with van der Waals surface area (Å²) >= 11 is 5.52. The van der Waals surface area contributed by atoms with E-state index in [1.807, 2.05) is 6.92 Å². The molecule has 1 aromatic carbocycles. The number of carbonyl (C=O) groups is 1. The van der Waals surface area contributed by atoms with Gasteiger partial charge < -0.3 is 0 Å². The Kier molecular flexibility index (Phi) is 4.00. The molecule has 1 aromatic rings. The zero-order valence-corrected chi connectivity index (χ0v) is 10.8. The maximum atomic E-state index is 13.6. The quantitative estimate of drug-likeness (QED) is 0.724. The zero-order valence-electron chi connectivity index (χ0n) is 10.1. The highest BCUT2D eigenvalue weighted by atomic mass is 35.5. The molecule has 4 heteroatoms. The van der Waals surface area contributed by atoms with Crippen LogP contribution in [0.1, 0.15) is 36.5 Å². The van der Waals surface area contributed by atoms with Gasteiger partial charge in [-0.3, -0.25) is 4.79 Å². The predicted octanol–water partition coefficient (Wildman–Crippen LogP) is 4.44. The van der Waals surface area contributed by atoms with Crippen LogP contribution in [0.3, 0.4) is 0 Å². The van der Waals surface area contributed by atoms with E-state index in [1.54, 1.807) is 0 Å². The number of Topliss-reactive ketones (excluding diaryl/α,β-unsaturated/α-hetero) is 1. The molecule has 1 atom stereocenters. The molecule has 0 amide bonds. The molecule has 0 saturated heterocycles. The molecule has 1 saturated carbocycles. The van der Waals surface area contributed by atoms with Crippen molar-refractivity contribution < 1.29 is 13.6 Å². The summed E-state index contributed by atoms with van der Waals surface area (Å²) in [6.07, 6.45) is 4.45. The van der Waals surface area contributed by atoms with Crippen LogP contribution < -0.4 is 0 Å². The monoisotopic (exact) mass is 271 g/mol. The number of rotatable bonds is 5. The Balaban J connectivity index is 2.17. The fraction of sp³-hybridized carbons (Fsp3) is 0.429. The van der Waals surface area contributed by atoms with E-state index in [2.05, 4.69) is 0 Å². The number of benzene rings is 1. The molecule has 0 bridgehead atoms. The summed E-state index contributed by atoms with van der Waals surface area (Å²) in [5.41, 5.74) is -0.501. The summed E-state index contributed by atoms with van der Waals surface area (Å²) in [6.45, 7) is 1.97. The van der Waals surface area contributed by atoms with E-state index in [0.29, 0.717) is 5.92 Å². The lowest BCUT2D eigenvalue weighted by molar-refractivity contribution is 0.100. The molecule has 0 aliphatic heterocycles. The molecule has 1 aliphatic carbocycles. The van der Waals surface area contributed by atoms with Gasteiger partial charge in [-0.1, -0.05) is 24.9 Å². The summed E-state index contributed by atoms with van der Waals surface area (Å²) in [5, 5.41) is -0.0456. The summed E-state index contributed by atoms with van der Waals surface area (Å²) in [5.74, 6) is -1.76. The number of carbonyl (C=O) groups excluding carboxylic acids is 1. The lowest BCUT2D eigenvalue weighted by Crippen LogP contribution is -2.14. The first-order chi connectivity index (χ1) is 8.52. The Morgan fingerprint density at radius 3 is 2.44 bits per heavy atom. The van der Waals surface area contributed by atoms with Gasteiger partial charge in [0.25, 0.3) is 0 Å². The van der Waals surface area contributed by atoms with Crippen LogP contribution in [0.2, 0.25) is 5.02 Å². The average molecular weight is 272 g/mol.